The SMILES string of the molecule is CC(C)(C)c1nnc(CN2CCC[C@@H]2c2ccsc2)o1. The van der Waals surface area contributed by atoms with E-state index in [0.29, 0.717) is 6.04 Å². The van der Waals surface area contributed by atoms with Gasteiger partial charge < -0.3 is 4.42 Å². The molecule has 3 rings (SSSR count). The van der Waals surface area contributed by atoms with E-state index >= 15 is 0 Å². The summed E-state index contributed by atoms with van der Waals surface area (Å²) in [6, 6.07) is 2.73. The third-order valence-electron chi connectivity index (χ3n) is 3.74. The normalized spacial score (nSPS) is 20.6. The van der Waals surface area contributed by atoms with E-state index in [2.05, 4.69) is 52.7 Å². The summed E-state index contributed by atoms with van der Waals surface area (Å²) >= 11 is 1.76. The molecule has 1 aliphatic rings. The van der Waals surface area contributed by atoms with E-state index in [1.807, 2.05) is 0 Å². The Balaban J connectivity index is 1.72. The van der Waals surface area contributed by atoms with E-state index in [1.165, 1.54) is 18.4 Å². The van der Waals surface area contributed by atoms with E-state index in [4.69, 9.17) is 4.42 Å². The Bertz CT molecular complexity index is 556. The van der Waals surface area contributed by atoms with Crippen molar-refractivity contribution < 1.29 is 4.42 Å². The van der Waals surface area contributed by atoms with E-state index in [-0.39, 0.29) is 5.41 Å². The van der Waals surface area contributed by atoms with Crippen LogP contribution >= 0.6 is 11.3 Å². The van der Waals surface area contributed by atoms with Crippen LogP contribution in [0.1, 0.15) is 57.0 Å². The summed E-state index contributed by atoms with van der Waals surface area (Å²) in [6.45, 7) is 8.13. The lowest BCUT2D eigenvalue weighted by Crippen LogP contribution is -2.22. The van der Waals surface area contributed by atoms with Gasteiger partial charge in [-0.3, -0.25) is 4.90 Å². The first-order valence-electron chi connectivity index (χ1n) is 7.13. The van der Waals surface area contributed by atoms with Crippen molar-refractivity contribution in [3.63, 3.8) is 0 Å². The second kappa shape index (κ2) is 5.30. The number of thiophene rings is 1. The molecule has 0 amide bonds. The second-order valence-electron chi connectivity index (χ2n) is 6.44. The van der Waals surface area contributed by atoms with Crippen molar-refractivity contribution >= 4 is 11.3 Å². The minimum absolute atomic E-state index is 0.0803. The Morgan fingerprint density at radius 3 is 2.90 bits per heavy atom. The van der Waals surface area contributed by atoms with Gasteiger partial charge in [-0.25, -0.2) is 0 Å². The maximum absolute atomic E-state index is 5.81. The van der Waals surface area contributed by atoms with Gasteiger partial charge >= 0.3 is 0 Å². The highest BCUT2D eigenvalue weighted by Gasteiger charge is 2.28. The fraction of sp³-hybridized carbons (Fsp3) is 0.600. The van der Waals surface area contributed by atoms with Crippen LogP contribution in [0.3, 0.4) is 0 Å². The topological polar surface area (TPSA) is 42.2 Å². The molecule has 1 atom stereocenters. The number of aromatic nitrogens is 2. The molecule has 5 heteroatoms. The highest BCUT2D eigenvalue weighted by molar-refractivity contribution is 7.07. The predicted octanol–water partition coefficient (Wildman–Crippen LogP) is 3.77. The van der Waals surface area contributed by atoms with Crippen LogP contribution in [0.4, 0.5) is 0 Å². The zero-order valence-electron chi connectivity index (χ0n) is 12.3. The lowest BCUT2D eigenvalue weighted by Gasteiger charge is -2.22. The van der Waals surface area contributed by atoms with Crippen LogP contribution < -0.4 is 0 Å². The molecule has 2 aromatic heterocycles. The molecule has 0 bridgehead atoms. The summed E-state index contributed by atoms with van der Waals surface area (Å²) in [5, 5.41) is 12.8. The van der Waals surface area contributed by atoms with Crippen LogP contribution in [0, 0.1) is 0 Å². The van der Waals surface area contributed by atoms with E-state index in [9.17, 15) is 0 Å². The molecular formula is C15H21N3OS. The Hall–Kier alpha value is -1.20. The van der Waals surface area contributed by atoms with Gasteiger partial charge in [-0.15, -0.1) is 10.2 Å². The van der Waals surface area contributed by atoms with Gasteiger partial charge in [-0.2, -0.15) is 11.3 Å². The molecule has 0 radical (unpaired) electrons. The first kappa shape index (κ1) is 13.8. The fourth-order valence-corrected chi connectivity index (χ4v) is 3.36. The average Bonchev–Trinajstić information content (AvgIpc) is 3.08. The molecule has 4 nitrogen and oxygen atoms in total. The Kier molecular flexibility index (Phi) is 3.65. The molecule has 0 spiro atoms. The molecule has 0 aromatic carbocycles. The van der Waals surface area contributed by atoms with Crippen LogP contribution in [-0.2, 0) is 12.0 Å². The van der Waals surface area contributed by atoms with Crippen molar-refractivity contribution in [1.82, 2.24) is 15.1 Å². The van der Waals surface area contributed by atoms with Crippen LogP contribution in [0.25, 0.3) is 0 Å². The monoisotopic (exact) mass is 291 g/mol. The van der Waals surface area contributed by atoms with Gasteiger partial charge in [0.1, 0.15) is 0 Å². The van der Waals surface area contributed by atoms with E-state index in [1.54, 1.807) is 11.3 Å². The number of likely N-dealkylation sites (tertiary alicyclic amines) is 1. The summed E-state index contributed by atoms with van der Waals surface area (Å²) < 4.78 is 5.81. The van der Waals surface area contributed by atoms with Crippen LogP contribution in [0.15, 0.2) is 21.2 Å². The highest BCUT2D eigenvalue weighted by Crippen LogP contribution is 2.34. The zero-order chi connectivity index (χ0) is 14.2. The number of nitrogens with zero attached hydrogens (tertiary/aromatic N) is 3. The van der Waals surface area contributed by atoms with Gasteiger partial charge in [0.15, 0.2) is 0 Å². The maximum Gasteiger partial charge on any atom is 0.230 e. The lowest BCUT2D eigenvalue weighted by atomic mass is 9.97. The molecule has 20 heavy (non-hydrogen) atoms. The van der Waals surface area contributed by atoms with Gasteiger partial charge in [-0.05, 0) is 41.8 Å². The third kappa shape index (κ3) is 2.79. The minimum Gasteiger partial charge on any atom is -0.423 e. The molecule has 2 aromatic rings. The zero-order valence-corrected chi connectivity index (χ0v) is 13.1. The van der Waals surface area contributed by atoms with Crippen LogP contribution in [0.5, 0.6) is 0 Å². The molecule has 0 unspecified atom stereocenters. The van der Waals surface area contributed by atoms with Gasteiger partial charge in [-0.1, -0.05) is 20.8 Å². The molecule has 0 saturated carbocycles. The summed E-state index contributed by atoms with van der Waals surface area (Å²) in [5.74, 6) is 1.45. The molecule has 0 aliphatic carbocycles. The molecule has 1 aliphatic heterocycles. The predicted molar refractivity (Wildman–Crippen MR) is 79.7 cm³/mol. The fourth-order valence-electron chi connectivity index (χ4n) is 2.65. The third-order valence-corrected chi connectivity index (χ3v) is 4.44. The standard InChI is InChI=1S/C15H21N3OS/c1-15(2,3)14-17-16-13(19-14)9-18-7-4-5-12(18)11-6-8-20-10-11/h6,8,10,12H,4-5,7,9H2,1-3H3/t12-/m1/s1. The summed E-state index contributed by atoms with van der Waals surface area (Å²) in [6.07, 6.45) is 2.46. The molecule has 0 N–H and O–H groups in total. The van der Waals surface area contributed by atoms with Crippen molar-refractivity contribution in [2.24, 2.45) is 0 Å². The summed E-state index contributed by atoms with van der Waals surface area (Å²) in [5.41, 5.74) is 1.34. The summed E-state index contributed by atoms with van der Waals surface area (Å²) in [4.78, 5) is 2.45. The number of hydrogen-bond donors (Lipinski definition) is 0. The van der Waals surface area contributed by atoms with Gasteiger partial charge in [0, 0.05) is 11.5 Å². The van der Waals surface area contributed by atoms with Crippen molar-refractivity contribution in [3.8, 4) is 0 Å². The molecule has 3 heterocycles. The van der Waals surface area contributed by atoms with Crippen molar-refractivity contribution in [2.45, 2.75) is 51.6 Å². The average molecular weight is 291 g/mol. The highest BCUT2D eigenvalue weighted by atomic mass is 32.1. The van der Waals surface area contributed by atoms with Crippen LogP contribution in [0.2, 0.25) is 0 Å². The molecule has 108 valence electrons. The smallest absolute Gasteiger partial charge is 0.230 e. The maximum atomic E-state index is 5.81. The van der Waals surface area contributed by atoms with Crippen molar-refractivity contribution in [3.05, 3.63) is 34.2 Å². The first-order chi connectivity index (χ1) is 9.54. The largest absolute Gasteiger partial charge is 0.423 e. The van der Waals surface area contributed by atoms with Gasteiger partial charge in [0.25, 0.3) is 0 Å². The van der Waals surface area contributed by atoms with E-state index in [0.717, 1.165) is 24.9 Å². The number of hydrogen-bond acceptors (Lipinski definition) is 5. The van der Waals surface area contributed by atoms with Crippen molar-refractivity contribution in [1.29, 1.82) is 0 Å². The Morgan fingerprint density at radius 2 is 2.25 bits per heavy atom. The lowest BCUT2D eigenvalue weighted by molar-refractivity contribution is 0.218. The van der Waals surface area contributed by atoms with E-state index < -0.39 is 0 Å². The second-order valence-corrected chi connectivity index (χ2v) is 7.22. The molecule has 1 saturated heterocycles. The first-order valence-corrected chi connectivity index (χ1v) is 8.07. The molecule has 1 fully saturated rings. The van der Waals surface area contributed by atoms with Crippen LogP contribution in [-0.4, -0.2) is 21.6 Å². The number of rotatable bonds is 3. The van der Waals surface area contributed by atoms with Crippen molar-refractivity contribution in [2.75, 3.05) is 6.54 Å². The van der Waals surface area contributed by atoms with Gasteiger partial charge in [0.05, 0.1) is 6.54 Å². The van der Waals surface area contributed by atoms with Gasteiger partial charge in [0.2, 0.25) is 11.8 Å². The quantitative estimate of drug-likeness (QED) is 0.863. The summed E-state index contributed by atoms with van der Waals surface area (Å²) in [7, 11) is 0. The Labute approximate surface area is 123 Å². The molecular weight excluding hydrogens is 270 g/mol. The minimum atomic E-state index is -0.0803. The Morgan fingerprint density at radius 1 is 1.40 bits per heavy atom.